The molecule has 8 heteroatoms. The largest absolute Gasteiger partial charge is 0.326 e. The molecule has 1 aliphatic carbocycles. The number of carbonyl (C=O) groups is 2. The second-order valence-electron chi connectivity index (χ2n) is 8.84. The minimum absolute atomic E-state index is 0.0796. The predicted molar refractivity (Wildman–Crippen MR) is 125 cm³/mol. The van der Waals surface area contributed by atoms with Gasteiger partial charge in [0.05, 0.1) is 10.6 Å². The Morgan fingerprint density at radius 1 is 1.00 bits per heavy atom. The summed E-state index contributed by atoms with van der Waals surface area (Å²) in [5.74, 6) is -0.0649. The van der Waals surface area contributed by atoms with E-state index in [1.807, 2.05) is 11.0 Å². The van der Waals surface area contributed by atoms with E-state index in [0.717, 1.165) is 43.4 Å². The summed E-state index contributed by atoms with van der Waals surface area (Å²) in [5.41, 5.74) is 2.83. The molecule has 0 unspecified atom stereocenters. The number of fused-ring (bicyclic) bond motifs is 1. The van der Waals surface area contributed by atoms with E-state index < -0.39 is 10.0 Å². The summed E-state index contributed by atoms with van der Waals surface area (Å²) >= 11 is 0. The van der Waals surface area contributed by atoms with Crippen LogP contribution < -0.4 is 14.9 Å². The third-order valence-electron chi connectivity index (χ3n) is 6.16. The van der Waals surface area contributed by atoms with Crippen molar-refractivity contribution in [3.8, 4) is 0 Å². The van der Waals surface area contributed by atoms with Crippen molar-refractivity contribution in [2.45, 2.75) is 50.8 Å². The zero-order valence-corrected chi connectivity index (χ0v) is 19.2. The molecule has 1 fully saturated rings. The molecule has 1 aliphatic heterocycles. The maximum Gasteiger partial charge on any atom is 0.261 e. The Bertz CT molecular complexity index is 1120. The zero-order valence-electron chi connectivity index (χ0n) is 18.4. The third kappa shape index (κ3) is 4.65. The van der Waals surface area contributed by atoms with Crippen molar-refractivity contribution in [2.24, 2.45) is 11.8 Å². The summed E-state index contributed by atoms with van der Waals surface area (Å²) in [4.78, 5) is 26.7. The van der Waals surface area contributed by atoms with E-state index in [-0.39, 0.29) is 28.5 Å². The molecule has 0 bridgehead atoms. The second-order valence-corrected chi connectivity index (χ2v) is 10.5. The number of hydrogen-bond acceptors (Lipinski definition) is 4. The summed E-state index contributed by atoms with van der Waals surface area (Å²) in [6.07, 6.45) is 4.84. The lowest BCUT2D eigenvalue weighted by Crippen LogP contribution is -2.33. The van der Waals surface area contributed by atoms with Crippen LogP contribution in [0.2, 0.25) is 0 Å². The molecule has 4 rings (SSSR count). The van der Waals surface area contributed by atoms with Gasteiger partial charge in [0.25, 0.3) is 10.0 Å². The van der Waals surface area contributed by atoms with Gasteiger partial charge in [-0.05, 0) is 61.2 Å². The molecule has 2 aromatic carbocycles. The summed E-state index contributed by atoms with van der Waals surface area (Å²) in [6.45, 7) is 4.22. The number of amides is 2. The summed E-state index contributed by atoms with van der Waals surface area (Å²) in [5, 5.41) is 2.74. The second kappa shape index (κ2) is 8.94. The lowest BCUT2D eigenvalue weighted by atomic mass is 10.1. The Morgan fingerprint density at radius 3 is 2.31 bits per heavy atom. The van der Waals surface area contributed by atoms with Gasteiger partial charge in [0.15, 0.2) is 0 Å². The van der Waals surface area contributed by atoms with Gasteiger partial charge >= 0.3 is 0 Å². The monoisotopic (exact) mass is 455 g/mol. The molecule has 0 atom stereocenters. The first-order valence-corrected chi connectivity index (χ1v) is 12.6. The summed E-state index contributed by atoms with van der Waals surface area (Å²) in [6, 6.07) is 11.4. The number of rotatable bonds is 6. The number of anilines is 3. The topological polar surface area (TPSA) is 95.6 Å². The lowest BCUT2D eigenvalue weighted by Gasteiger charge is -2.22. The van der Waals surface area contributed by atoms with Crippen molar-refractivity contribution in [2.75, 3.05) is 21.5 Å². The highest BCUT2D eigenvalue weighted by atomic mass is 32.2. The minimum Gasteiger partial charge on any atom is -0.326 e. The van der Waals surface area contributed by atoms with Crippen molar-refractivity contribution >= 4 is 38.9 Å². The Hall–Kier alpha value is -2.87. The lowest BCUT2D eigenvalue weighted by molar-refractivity contribution is -0.122. The molecule has 2 amide bonds. The van der Waals surface area contributed by atoms with Crippen LogP contribution in [0.15, 0.2) is 47.4 Å². The molecule has 2 aromatic rings. The number of nitrogens with zero attached hydrogens (tertiary/aromatic N) is 1. The fourth-order valence-corrected chi connectivity index (χ4v) is 5.33. The molecule has 0 aromatic heterocycles. The van der Waals surface area contributed by atoms with E-state index in [1.165, 1.54) is 12.1 Å². The standard InChI is InChI=1S/C24H29N3O4S/c1-16(2)23(28)25-19-9-11-21(12-10-19)32(30,31)26-20-8-7-17-13-14-27(22(17)15-20)24(29)18-5-3-4-6-18/h7-12,15-16,18,26H,3-6,13-14H2,1-2H3,(H,25,28). The smallest absolute Gasteiger partial charge is 0.261 e. The zero-order chi connectivity index (χ0) is 22.9. The molecule has 32 heavy (non-hydrogen) atoms. The van der Waals surface area contributed by atoms with Gasteiger partial charge in [-0.25, -0.2) is 8.42 Å². The first-order valence-electron chi connectivity index (χ1n) is 11.1. The van der Waals surface area contributed by atoms with E-state index in [9.17, 15) is 18.0 Å². The number of benzene rings is 2. The van der Waals surface area contributed by atoms with Gasteiger partial charge in [-0.2, -0.15) is 0 Å². The Balaban J connectivity index is 1.50. The van der Waals surface area contributed by atoms with Gasteiger partial charge in [-0.1, -0.05) is 32.8 Å². The Morgan fingerprint density at radius 2 is 1.66 bits per heavy atom. The molecule has 1 heterocycles. The highest BCUT2D eigenvalue weighted by Gasteiger charge is 2.32. The molecule has 2 N–H and O–H groups in total. The highest BCUT2D eigenvalue weighted by Crippen LogP contribution is 2.35. The van der Waals surface area contributed by atoms with E-state index in [1.54, 1.807) is 38.1 Å². The molecule has 0 spiro atoms. The molecule has 0 radical (unpaired) electrons. The fourth-order valence-electron chi connectivity index (χ4n) is 4.28. The maximum absolute atomic E-state index is 12.9. The van der Waals surface area contributed by atoms with Gasteiger partial charge in [0.1, 0.15) is 0 Å². The fraction of sp³-hybridized carbons (Fsp3) is 0.417. The van der Waals surface area contributed by atoms with Crippen molar-refractivity contribution in [1.29, 1.82) is 0 Å². The normalized spacial score (nSPS) is 16.3. The van der Waals surface area contributed by atoms with Crippen LogP contribution >= 0.6 is 0 Å². The molecular weight excluding hydrogens is 426 g/mol. The number of nitrogens with one attached hydrogen (secondary N) is 2. The Kier molecular flexibility index (Phi) is 6.24. The SMILES string of the molecule is CC(C)C(=O)Nc1ccc(S(=O)(=O)Nc2ccc3c(c2)N(C(=O)C2CCCC2)CC3)cc1. The molecule has 7 nitrogen and oxygen atoms in total. The maximum atomic E-state index is 12.9. The molecule has 1 saturated carbocycles. The van der Waals surface area contributed by atoms with Crippen LogP contribution in [-0.4, -0.2) is 26.8 Å². The van der Waals surface area contributed by atoms with E-state index in [2.05, 4.69) is 10.0 Å². The average molecular weight is 456 g/mol. The van der Waals surface area contributed by atoms with Crippen molar-refractivity contribution in [1.82, 2.24) is 0 Å². The van der Waals surface area contributed by atoms with Crippen LogP contribution in [-0.2, 0) is 26.0 Å². The first-order chi connectivity index (χ1) is 15.2. The van der Waals surface area contributed by atoms with Crippen LogP contribution in [0.1, 0.15) is 45.1 Å². The van der Waals surface area contributed by atoms with E-state index in [0.29, 0.717) is 17.9 Å². The molecular formula is C24H29N3O4S. The predicted octanol–water partition coefficient (Wildman–Crippen LogP) is 4.16. The van der Waals surface area contributed by atoms with Crippen molar-refractivity contribution < 1.29 is 18.0 Å². The van der Waals surface area contributed by atoms with Crippen LogP contribution in [0.4, 0.5) is 17.1 Å². The molecule has 170 valence electrons. The molecule has 0 saturated heterocycles. The third-order valence-corrected chi connectivity index (χ3v) is 7.56. The van der Waals surface area contributed by atoms with Gasteiger partial charge in [0, 0.05) is 29.8 Å². The van der Waals surface area contributed by atoms with Crippen LogP contribution in [0.3, 0.4) is 0 Å². The van der Waals surface area contributed by atoms with Crippen molar-refractivity contribution in [3.63, 3.8) is 0 Å². The van der Waals surface area contributed by atoms with E-state index in [4.69, 9.17) is 0 Å². The van der Waals surface area contributed by atoms with Crippen LogP contribution in [0.25, 0.3) is 0 Å². The highest BCUT2D eigenvalue weighted by molar-refractivity contribution is 7.92. The Labute approximate surface area is 189 Å². The summed E-state index contributed by atoms with van der Waals surface area (Å²) < 4.78 is 28.4. The number of carbonyl (C=O) groups excluding carboxylic acids is 2. The minimum atomic E-state index is -3.81. The van der Waals surface area contributed by atoms with Gasteiger partial charge in [-0.15, -0.1) is 0 Å². The van der Waals surface area contributed by atoms with Gasteiger partial charge in [-0.3, -0.25) is 14.3 Å². The average Bonchev–Trinajstić information content (AvgIpc) is 3.43. The number of hydrogen-bond donors (Lipinski definition) is 2. The summed E-state index contributed by atoms with van der Waals surface area (Å²) in [7, 11) is -3.81. The van der Waals surface area contributed by atoms with E-state index >= 15 is 0 Å². The van der Waals surface area contributed by atoms with Crippen LogP contribution in [0.5, 0.6) is 0 Å². The van der Waals surface area contributed by atoms with Crippen LogP contribution in [0, 0.1) is 11.8 Å². The van der Waals surface area contributed by atoms with Gasteiger partial charge < -0.3 is 10.2 Å². The molecule has 2 aliphatic rings. The van der Waals surface area contributed by atoms with Gasteiger partial charge in [0.2, 0.25) is 11.8 Å². The quantitative estimate of drug-likeness (QED) is 0.684. The first kappa shape index (κ1) is 22.3. The van der Waals surface area contributed by atoms with Crippen molar-refractivity contribution in [3.05, 3.63) is 48.0 Å². The number of sulfonamides is 1.